The molecule has 0 saturated carbocycles. The van der Waals surface area contributed by atoms with Gasteiger partial charge in [-0.25, -0.2) is 13.6 Å². The van der Waals surface area contributed by atoms with Crippen LogP contribution in [0.1, 0.15) is 6.42 Å². The van der Waals surface area contributed by atoms with Gasteiger partial charge in [-0.1, -0.05) is 6.08 Å². The van der Waals surface area contributed by atoms with Crippen molar-refractivity contribution in [1.29, 1.82) is 0 Å². The highest BCUT2D eigenvalue weighted by atomic mass is 19.1. The van der Waals surface area contributed by atoms with Crippen molar-refractivity contribution in [3.63, 3.8) is 0 Å². The topological polar surface area (TPSA) is 46.5 Å². The molecule has 1 aromatic carbocycles. The van der Waals surface area contributed by atoms with Crippen LogP contribution in [0.2, 0.25) is 0 Å². The van der Waals surface area contributed by atoms with E-state index in [-0.39, 0.29) is 12.4 Å². The first kappa shape index (κ1) is 12.2. The molecule has 3 nitrogen and oxygen atoms in total. The van der Waals surface area contributed by atoms with Gasteiger partial charge in [0, 0.05) is 12.1 Å². The van der Waals surface area contributed by atoms with Crippen LogP contribution in [-0.4, -0.2) is 17.7 Å². The number of hydrogen-bond acceptors (Lipinski definition) is 2. The van der Waals surface area contributed by atoms with Crippen LogP contribution in [0.25, 0.3) is 0 Å². The van der Waals surface area contributed by atoms with Gasteiger partial charge >= 0.3 is 5.97 Å². The maximum Gasteiger partial charge on any atom is 0.327 e. The van der Waals surface area contributed by atoms with Crippen LogP contribution in [0.5, 0.6) is 5.75 Å². The molecule has 0 aliphatic heterocycles. The predicted molar refractivity (Wildman–Crippen MR) is 53.2 cm³/mol. The summed E-state index contributed by atoms with van der Waals surface area (Å²) in [5.74, 6) is -2.55. The minimum absolute atomic E-state index is 0.0508. The Kier molecular flexibility index (Phi) is 4.44. The lowest BCUT2D eigenvalue weighted by molar-refractivity contribution is -0.131. The molecule has 1 N–H and O–H groups in total. The smallest absolute Gasteiger partial charge is 0.327 e. The van der Waals surface area contributed by atoms with E-state index < -0.39 is 17.6 Å². The zero-order valence-electron chi connectivity index (χ0n) is 8.32. The van der Waals surface area contributed by atoms with E-state index in [4.69, 9.17) is 9.84 Å². The summed E-state index contributed by atoms with van der Waals surface area (Å²) >= 11 is 0. The van der Waals surface area contributed by atoms with Crippen molar-refractivity contribution in [1.82, 2.24) is 0 Å². The van der Waals surface area contributed by atoms with E-state index in [0.717, 1.165) is 18.2 Å². The van der Waals surface area contributed by atoms with Gasteiger partial charge in [0.05, 0.1) is 6.61 Å². The summed E-state index contributed by atoms with van der Waals surface area (Å²) < 4.78 is 30.5. The predicted octanol–water partition coefficient (Wildman–Crippen LogP) is 2.37. The minimum atomic E-state index is -1.05. The van der Waals surface area contributed by atoms with Crippen molar-refractivity contribution in [3.05, 3.63) is 42.0 Å². The Morgan fingerprint density at radius 3 is 2.81 bits per heavy atom. The van der Waals surface area contributed by atoms with Crippen LogP contribution in [0.4, 0.5) is 8.78 Å². The number of rotatable bonds is 5. The molecule has 86 valence electrons. The van der Waals surface area contributed by atoms with E-state index in [1.807, 2.05) is 0 Å². The number of benzene rings is 1. The van der Waals surface area contributed by atoms with Crippen molar-refractivity contribution in [2.45, 2.75) is 6.42 Å². The van der Waals surface area contributed by atoms with E-state index in [1.165, 1.54) is 12.1 Å². The summed E-state index contributed by atoms with van der Waals surface area (Å²) in [5, 5.41) is 8.28. The Bertz CT molecular complexity index is 402. The second-order valence-electron chi connectivity index (χ2n) is 2.95. The molecule has 0 amide bonds. The molecule has 5 heteroatoms. The average Bonchev–Trinajstić information content (AvgIpc) is 2.20. The highest BCUT2D eigenvalue weighted by molar-refractivity contribution is 5.79. The lowest BCUT2D eigenvalue weighted by atomic mass is 10.3. The summed E-state index contributed by atoms with van der Waals surface area (Å²) in [6.07, 6.45) is 2.71. The van der Waals surface area contributed by atoms with Crippen LogP contribution in [0.3, 0.4) is 0 Å². The molecule has 0 radical (unpaired) electrons. The molecule has 0 aromatic heterocycles. The molecule has 0 spiro atoms. The Labute approximate surface area is 91.0 Å². The molecule has 0 fully saturated rings. The first-order chi connectivity index (χ1) is 7.59. The van der Waals surface area contributed by atoms with Gasteiger partial charge in [-0.15, -0.1) is 0 Å². The van der Waals surface area contributed by atoms with E-state index in [9.17, 15) is 13.6 Å². The van der Waals surface area contributed by atoms with E-state index >= 15 is 0 Å². The van der Waals surface area contributed by atoms with Crippen LogP contribution >= 0.6 is 0 Å². The number of aliphatic carboxylic acids is 1. The molecule has 0 heterocycles. The maximum atomic E-state index is 13.0. The lowest BCUT2D eigenvalue weighted by Gasteiger charge is -2.04. The zero-order valence-corrected chi connectivity index (χ0v) is 8.32. The second kappa shape index (κ2) is 5.85. The van der Waals surface area contributed by atoms with E-state index in [0.29, 0.717) is 6.42 Å². The highest BCUT2D eigenvalue weighted by Gasteiger charge is 2.03. The van der Waals surface area contributed by atoms with Gasteiger partial charge < -0.3 is 9.84 Å². The molecule has 16 heavy (non-hydrogen) atoms. The fraction of sp³-hybridized carbons (Fsp3) is 0.182. The van der Waals surface area contributed by atoms with Gasteiger partial charge in [0.2, 0.25) is 0 Å². The number of carbonyl (C=O) groups is 1. The third-order valence-corrected chi connectivity index (χ3v) is 1.70. The Morgan fingerprint density at radius 1 is 1.44 bits per heavy atom. The van der Waals surface area contributed by atoms with Crippen molar-refractivity contribution in [2.24, 2.45) is 0 Å². The largest absolute Gasteiger partial charge is 0.490 e. The Balaban J connectivity index is 2.40. The lowest BCUT2D eigenvalue weighted by Crippen LogP contribution is -1.98. The molecule has 0 unspecified atom stereocenters. The normalized spacial score (nSPS) is 10.6. The maximum absolute atomic E-state index is 13.0. The summed E-state index contributed by atoms with van der Waals surface area (Å²) in [4.78, 5) is 10.1. The van der Waals surface area contributed by atoms with Crippen LogP contribution in [0, 0.1) is 11.6 Å². The quantitative estimate of drug-likeness (QED) is 0.621. The van der Waals surface area contributed by atoms with Crippen LogP contribution in [-0.2, 0) is 4.79 Å². The molecule has 0 aliphatic rings. The molecule has 0 bridgehead atoms. The first-order valence-electron chi connectivity index (χ1n) is 4.57. The number of carboxylic acids is 1. The van der Waals surface area contributed by atoms with Crippen molar-refractivity contribution < 1.29 is 23.4 Å². The fourth-order valence-electron chi connectivity index (χ4n) is 1.01. The summed E-state index contributed by atoms with van der Waals surface area (Å²) in [5.41, 5.74) is 0. The first-order valence-corrected chi connectivity index (χ1v) is 4.57. The molecule has 0 aliphatic carbocycles. The van der Waals surface area contributed by atoms with Gasteiger partial charge in [0.15, 0.2) is 11.6 Å². The van der Waals surface area contributed by atoms with Gasteiger partial charge in [-0.05, 0) is 18.6 Å². The molecule has 1 rings (SSSR count). The summed E-state index contributed by atoms with van der Waals surface area (Å²) in [6, 6.07) is 3.00. The van der Waals surface area contributed by atoms with Gasteiger partial charge in [0.25, 0.3) is 0 Å². The van der Waals surface area contributed by atoms with Crippen molar-refractivity contribution in [2.75, 3.05) is 6.61 Å². The van der Waals surface area contributed by atoms with Crippen molar-refractivity contribution >= 4 is 5.97 Å². The third-order valence-electron chi connectivity index (χ3n) is 1.70. The van der Waals surface area contributed by atoms with Crippen LogP contribution < -0.4 is 4.74 Å². The molecular weight excluding hydrogens is 218 g/mol. The third kappa shape index (κ3) is 4.08. The van der Waals surface area contributed by atoms with Gasteiger partial charge in [-0.3, -0.25) is 0 Å². The zero-order chi connectivity index (χ0) is 12.0. The Hall–Kier alpha value is -1.91. The SMILES string of the molecule is O=C(O)/C=C/CCOc1ccc(F)cc1F. The number of ether oxygens (including phenoxy) is 1. The standard InChI is InChI=1S/C11H10F2O3/c12-8-4-5-10(9(13)7-8)16-6-2-1-3-11(14)15/h1,3-5,7H,2,6H2,(H,14,15)/b3-1+. The molecule has 0 atom stereocenters. The van der Waals surface area contributed by atoms with Crippen LogP contribution in [0.15, 0.2) is 30.4 Å². The van der Waals surface area contributed by atoms with E-state index in [1.54, 1.807) is 0 Å². The van der Waals surface area contributed by atoms with E-state index in [2.05, 4.69) is 0 Å². The number of carboxylic acid groups (broad SMARTS) is 1. The highest BCUT2D eigenvalue weighted by Crippen LogP contribution is 2.17. The molecule has 1 aromatic rings. The number of halogens is 2. The van der Waals surface area contributed by atoms with Gasteiger partial charge in [-0.2, -0.15) is 0 Å². The average molecular weight is 228 g/mol. The number of hydrogen-bond donors (Lipinski definition) is 1. The molecule has 0 saturated heterocycles. The summed E-state index contributed by atoms with van der Waals surface area (Å²) in [7, 11) is 0. The minimum Gasteiger partial charge on any atom is -0.490 e. The van der Waals surface area contributed by atoms with Crippen molar-refractivity contribution in [3.8, 4) is 5.75 Å². The monoisotopic (exact) mass is 228 g/mol. The summed E-state index contributed by atoms with van der Waals surface area (Å²) in [6.45, 7) is 0.131. The fourth-order valence-corrected chi connectivity index (χ4v) is 1.01. The second-order valence-corrected chi connectivity index (χ2v) is 2.95. The van der Waals surface area contributed by atoms with Gasteiger partial charge in [0.1, 0.15) is 5.82 Å². The molecular formula is C11H10F2O3. The Morgan fingerprint density at radius 2 is 2.19 bits per heavy atom.